The molecule has 1 aliphatic carbocycles. The summed E-state index contributed by atoms with van der Waals surface area (Å²) in [6, 6.07) is 20.5. The number of imide groups is 1. The number of alkyl halides is 3. The molecule has 3 aromatic rings. The standard InChI is InChI=1S/C28H23F3N2O3/c29-28(30,31)23-11-4-5-12-24(23)32-25(34)19-9-6-10-20(15-19)33-26(35)21-14-13-18(16-22(21)27(33)36)17-7-2-1-3-8-17/h1-12,15,18,21-22H,13-14,16H2,(H,32,34)/t18-,21+,22-/m0/s1. The Balaban J connectivity index is 1.37. The Morgan fingerprint density at radius 3 is 2.28 bits per heavy atom. The number of carbonyl (C=O) groups excluding carboxylic acids is 3. The van der Waals surface area contributed by atoms with Gasteiger partial charge in [-0.25, -0.2) is 0 Å². The molecule has 0 spiro atoms. The van der Waals surface area contributed by atoms with Crippen molar-refractivity contribution in [2.24, 2.45) is 11.8 Å². The number of anilines is 2. The zero-order valence-electron chi connectivity index (χ0n) is 19.2. The number of carbonyl (C=O) groups is 3. The average molecular weight is 492 g/mol. The summed E-state index contributed by atoms with van der Waals surface area (Å²) in [6.45, 7) is 0. The van der Waals surface area contributed by atoms with Crippen LogP contribution >= 0.6 is 0 Å². The van der Waals surface area contributed by atoms with E-state index in [0.717, 1.165) is 23.0 Å². The molecule has 0 unspecified atom stereocenters. The van der Waals surface area contributed by atoms with Gasteiger partial charge in [0.15, 0.2) is 0 Å². The minimum absolute atomic E-state index is 0.0436. The Kier molecular flexibility index (Phi) is 6.12. The summed E-state index contributed by atoms with van der Waals surface area (Å²) < 4.78 is 39.9. The molecule has 0 radical (unpaired) electrons. The molecular weight excluding hydrogens is 469 g/mol. The molecule has 1 saturated heterocycles. The van der Waals surface area contributed by atoms with E-state index in [9.17, 15) is 27.6 Å². The van der Waals surface area contributed by atoms with Gasteiger partial charge in [-0.2, -0.15) is 13.2 Å². The fraction of sp³-hybridized carbons (Fsp3) is 0.250. The van der Waals surface area contributed by atoms with Crippen molar-refractivity contribution in [2.75, 3.05) is 10.2 Å². The quantitative estimate of drug-likeness (QED) is 0.452. The van der Waals surface area contributed by atoms with Crippen LogP contribution in [0.25, 0.3) is 0 Å². The number of amides is 3. The lowest BCUT2D eigenvalue weighted by Crippen LogP contribution is -2.31. The molecule has 5 rings (SSSR count). The fourth-order valence-corrected chi connectivity index (χ4v) is 5.28. The number of para-hydroxylation sites is 1. The van der Waals surface area contributed by atoms with Crippen molar-refractivity contribution >= 4 is 29.1 Å². The molecule has 0 bridgehead atoms. The second-order valence-corrected chi connectivity index (χ2v) is 9.19. The normalized spacial score (nSPS) is 21.9. The van der Waals surface area contributed by atoms with Crippen molar-refractivity contribution in [1.29, 1.82) is 0 Å². The molecule has 36 heavy (non-hydrogen) atoms. The van der Waals surface area contributed by atoms with Crippen LogP contribution < -0.4 is 10.2 Å². The lowest BCUT2D eigenvalue weighted by molar-refractivity contribution is -0.137. The molecule has 1 heterocycles. The summed E-state index contributed by atoms with van der Waals surface area (Å²) in [5, 5.41) is 2.30. The minimum Gasteiger partial charge on any atom is -0.321 e. The number of nitrogens with one attached hydrogen (secondary N) is 1. The topological polar surface area (TPSA) is 66.5 Å². The van der Waals surface area contributed by atoms with E-state index >= 15 is 0 Å². The summed E-state index contributed by atoms with van der Waals surface area (Å²) in [4.78, 5) is 40.5. The smallest absolute Gasteiger partial charge is 0.321 e. The highest BCUT2D eigenvalue weighted by atomic mass is 19.4. The fourth-order valence-electron chi connectivity index (χ4n) is 5.28. The predicted octanol–water partition coefficient (Wildman–Crippen LogP) is 6.03. The zero-order chi connectivity index (χ0) is 25.4. The second kappa shape index (κ2) is 9.26. The van der Waals surface area contributed by atoms with Crippen LogP contribution in [-0.4, -0.2) is 17.7 Å². The summed E-state index contributed by atoms with van der Waals surface area (Å²) in [5.41, 5.74) is 0.102. The summed E-state index contributed by atoms with van der Waals surface area (Å²) >= 11 is 0. The Morgan fingerprint density at radius 1 is 0.833 bits per heavy atom. The van der Waals surface area contributed by atoms with E-state index in [-0.39, 0.29) is 34.7 Å². The largest absolute Gasteiger partial charge is 0.418 e. The number of hydrogen-bond donors (Lipinski definition) is 1. The average Bonchev–Trinajstić information content (AvgIpc) is 3.13. The van der Waals surface area contributed by atoms with Crippen LogP contribution in [-0.2, 0) is 15.8 Å². The van der Waals surface area contributed by atoms with Gasteiger partial charge < -0.3 is 5.32 Å². The van der Waals surface area contributed by atoms with Crippen molar-refractivity contribution < 1.29 is 27.6 Å². The van der Waals surface area contributed by atoms with E-state index in [1.165, 1.54) is 36.4 Å². The lowest BCUT2D eigenvalue weighted by atomic mass is 9.73. The van der Waals surface area contributed by atoms with Gasteiger partial charge in [0.25, 0.3) is 5.91 Å². The van der Waals surface area contributed by atoms with Gasteiger partial charge in [0.2, 0.25) is 11.8 Å². The number of rotatable bonds is 4. The molecule has 3 amide bonds. The van der Waals surface area contributed by atoms with Gasteiger partial charge in [0.1, 0.15) is 0 Å². The van der Waals surface area contributed by atoms with Crippen molar-refractivity contribution in [2.45, 2.75) is 31.4 Å². The third kappa shape index (κ3) is 4.39. The van der Waals surface area contributed by atoms with Crippen molar-refractivity contribution in [3.05, 3.63) is 95.6 Å². The molecular formula is C28H23F3N2O3. The van der Waals surface area contributed by atoms with Crippen LogP contribution in [0.3, 0.4) is 0 Å². The van der Waals surface area contributed by atoms with Crippen LogP contribution in [0, 0.1) is 11.8 Å². The Hall–Kier alpha value is -3.94. The van der Waals surface area contributed by atoms with Crippen LogP contribution in [0.2, 0.25) is 0 Å². The highest BCUT2D eigenvalue weighted by Gasteiger charge is 2.50. The number of nitrogens with zero attached hydrogens (tertiary/aromatic N) is 1. The van der Waals surface area contributed by atoms with E-state index in [4.69, 9.17) is 0 Å². The maximum Gasteiger partial charge on any atom is 0.418 e. The van der Waals surface area contributed by atoms with Gasteiger partial charge >= 0.3 is 6.18 Å². The monoisotopic (exact) mass is 492 g/mol. The first-order valence-electron chi connectivity index (χ1n) is 11.7. The highest BCUT2D eigenvalue weighted by Crippen LogP contribution is 2.45. The first-order valence-corrected chi connectivity index (χ1v) is 11.7. The minimum atomic E-state index is -4.63. The van der Waals surface area contributed by atoms with Crippen molar-refractivity contribution in [1.82, 2.24) is 0 Å². The number of benzene rings is 3. The Labute approximate surface area is 205 Å². The molecule has 1 saturated carbocycles. The van der Waals surface area contributed by atoms with Crippen molar-refractivity contribution in [3.63, 3.8) is 0 Å². The molecule has 2 aliphatic rings. The van der Waals surface area contributed by atoms with Gasteiger partial charge in [-0.3, -0.25) is 19.3 Å². The third-order valence-electron chi connectivity index (χ3n) is 7.04. The molecule has 3 atom stereocenters. The second-order valence-electron chi connectivity index (χ2n) is 9.19. The molecule has 1 N–H and O–H groups in total. The van der Waals surface area contributed by atoms with E-state index in [2.05, 4.69) is 5.32 Å². The van der Waals surface area contributed by atoms with Crippen LogP contribution in [0.5, 0.6) is 0 Å². The number of fused-ring (bicyclic) bond motifs is 1. The number of halogens is 3. The highest BCUT2D eigenvalue weighted by molar-refractivity contribution is 6.22. The molecule has 0 aromatic heterocycles. The van der Waals surface area contributed by atoms with Gasteiger partial charge in [0.05, 0.1) is 28.8 Å². The van der Waals surface area contributed by atoms with Gasteiger partial charge in [0, 0.05) is 5.56 Å². The van der Waals surface area contributed by atoms with Gasteiger partial charge in [-0.05, 0) is 61.1 Å². The van der Waals surface area contributed by atoms with Crippen LogP contribution in [0.15, 0.2) is 78.9 Å². The Morgan fingerprint density at radius 2 is 1.53 bits per heavy atom. The predicted molar refractivity (Wildman–Crippen MR) is 128 cm³/mol. The first-order chi connectivity index (χ1) is 17.2. The molecule has 8 heteroatoms. The molecule has 5 nitrogen and oxygen atoms in total. The van der Waals surface area contributed by atoms with Crippen LogP contribution in [0.4, 0.5) is 24.5 Å². The Bertz CT molecular complexity index is 1320. The SMILES string of the molecule is O=C(Nc1ccccc1C(F)(F)F)c1cccc(N2C(=O)[C@H]3C[C@@H](c4ccccc4)CC[C@H]3C2=O)c1. The van der Waals surface area contributed by atoms with E-state index < -0.39 is 29.5 Å². The van der Waals surface area contributed by atoms with E-state index in [1.54, 1.807) is 6.07 Å². The zero-order valence-corrected chi connectivity index (χ0v) is 19.2. The third-order valence-corrected chi connectivity index (χ3v) is 7.04. The maximum absolute atomic E-state index is 13.3. The van der Waals surface area contributed by atoms with Crippen molar-refractivity contribution in [3.8, 4) is 0 Å². The van der Waals surface area contributed by atoms with Gasteiger partial charge in [-0.1, -0.05) is 48.5 Å². The van der Waals surface area contributed by atoms with Gasteiger partial charge in [-0.15, -0.1) is 0 Å². The summed E-state index contributed by atoms with van der Waals surface area (Å²) in [7, 11) is 0. The molecule has 184 valence electrons. The molecule has 3 aromatic carbocycles. The molecule has 2 fully saturated rings. The molecule has 1 aliphatic heterocycles. The van der Waals surface area contributed by atoms with E-state index in [0.29, 0.717) is 12.8 Å². The lowest BCUT2D eigenvalue weighted by Gasteiger charge is -2.28. The maximum atomic E-state index is 13.3. The summed E-state index contributed by atoms with van der Waals surface area (Å²) in [5.74, 6) is -2.02. The van der Waals surface area contributed by atoms with Crippen LogP contribution in [0.1, 0.15) is 46.7 Å². The van der Waals surface area contributed by atoms with E-state index in [1.807, 2.05) is 30.3 Å². The summed E-state index contributed by atoms with van der Waals surface area (Å²) in [6.07, 6.45) is -2.66. The first kappa shape index (κ1) is 23.8. The number of hydrogen-bond acceptors (Lipinski definition) is 3.